The summed E-state index contributed by atoms with van der Waals surface area (Å²) < 4.78 is 5.16. The highest BCUT2D eigenvalue weighted by molar-refractivity contribution is 9.09. The van der Waals surface area contributed by atoms with Crippen molar-refractivity contribution in [2.75, 3.05) is 12.6 Å². The Morgan fingerprint density at radius 2 is 1.89 bits per heavy atom. The number of fused-ring (bicyclic) bond motifs is 4. The molecule has 4 aliphatic rings. The largest absolute Gasteiger partial charge is 0.508 e. The van der Waals surface area contributed by atoms with Gasteiger partial charge in [-0.25, -0.2) is 4.79 Å². The number of hydrogen-bond donors (Lipinski definition) is 2. The van der Waals surface area contributed by atoms with Gasteiger partial charge >= 0.3 is 6.03 Å². The van der Waals surface area contributed by atoms with Gasteiger partial charge in [-0.1, -0.05) is 33.6 Å². The molecule has 2 heterocycles. The number of imide groups is 4. The number of nitrogens with two attached hydrogens (primary N) is 1. The zero-order valence-electron chi connectivity index (χ0n) is 18.7. The van der Waals surface area contributed by atoms with Crippen LogP contribution in [0.4, 0.5) is 4.79 Å². The summed E-state index contributed by atoms with van der Waals surface area (Å²) in [6, 6.07) is 3.22. The maximum absolute atomic E-state index is 13.6. The molecule has 36 heavy (non-hydrogen) atoms. The predicted octanol–water partition coefficient (Wildman–Crippen LogP) is 2.19. The van der Waals surface area contributed by atoms with Gasteiger partial charge in [0.2, 0.25) is 11.8 Å². The molecule has 6 atom stereocenters. The first-order valence-electron chi connectivity index (χ1n) is 11.0. The summed E-state index contributed by atoms with van der Waals surface area (Å²) in [6.45, 7) is 0. The Kier molecular flexibility index (Phi) is 5.70. The van der Waals surface area contributed by atoms with Crippen LogP contribution < -0.4 is 10.5 Å². The number of halogens is 3. The number of nitrogens with zero attached hydrogens (tertiary/aromatic N) is 2. The van der Waals surface area contributed by atoms with Crippen LogP contribution in [0, 0.1) is 17.8 Å². The van der Waals surface area contributed by atoms with E-state index in [1.165, 1.54) is 19.2 Å². The van der Waals surface area contributed by atoms with Crippen molar-refractivity contribution in [3.05, 3.63) is 35.4 Å². The van der Waals surface area contributed by atoms with Crippen LogP contribution in [0.25, 0.3) is 0 Å². The molecule has 0 bridgehead atoms. The van der Waals surface area contributed by atoms with Crippen molar-refractivity contribution in [3.63, 3.8) is 0 Å². The van der Waals surface area contributed by atoms with Crippen molar-refractivity contribution in [2.45, 2.75) is 28.5 Å². The number of hydrogen-bond acceptors (Lipinski definition) is 7. The molecule has 10 nitrogen and oxygen atoms in total. The molecule has 13 heteroatoms. The lowest BCUT2D eigenvalue weighted by molar-refractivity contribution is -0.139. The summed E-state index contributed by atoms with van der Waals surface area (Å²) in [5.41, 5.74) is 5.81. The Bertz CT molecular complexity index is 1290. The van der Waals surface area contributed by atoms with Gasteiger partial charge in [0.25, 0.3) is 11.8 Å². The standard InChI is InChI=1S/C23H20BrCl2N3O7/c1-36-9-2-3-11(14(30)6-9)16-10-4-5-12-15(18(32)29(17(12)31)21(27)35)13(10)7-22(25)19(33)28(8-24)20(34)23(16,22)26/h2-4,6,12-13,15-16,30H,5,7-8H2,1H3,(H2,27,35)/t12-,13+,15-,16+,22+,23-/m0/s1. The minimum Gasteiger partial charge on any atom is -0.508 e. The van der Waals surface area contributed by atoms with E-state index < -0.39 is 63.1 Å². The molecular formula is C23H20BrCl2N3O7. The van der Waals surface area contributed by atoms with E-state index in [4.69, 9.17) is 33.7 Å². The first-order valence-corrected chi connectivity index (χ1v) is 12.9. The number of ether oxygens (including phenoxy) is 1. The van der Waals surface area contributed by atoms with E-state index in [0.717, 1.165) is 4.90 Å². The van der Waals surface area contributed by atoms with Crippen LogP contribution in [0.15, 0.2) is 29.8 Å². The molecule has 6 amide bonds. The fourth-order valence-corrected chi connectivity index (χ4v) is 7.63. The van der Waals surface area contributed by atoms with Gasteiger partial charge in [-0.2, -0.15) is 4.90 Å². The zero-order chi connectivity index (χ0) is 26.3. The summed E-state index contributed by atoms with van der Waals surface area (Å²) in [5.74, 6) is -6.82. The highest BCUT2D eigenvalue weighted by Crippen LogP contribution is 2.66. The number of urea groups is 1. The number of allylic oxidation sites excluding steroid dienone is 2. The van der Waals surface area contributed by atoms with E-state index in [1.807, 2.05) is 0 Å². The third-order valence-corrected chi connectivity index (χ3v) is 9.70. The molecule has 3 N–H and O–H groups in total. The number of alkyl halides is 3. The second-order valence-electron chi connectivity index (χ2n) is 9.26. The SMILES string of the molecule is COc1ccc([C@H]2C3=CC[C@@H]4C(=O)N(C(N)=O)C(=O)[C@@H]4[C@@H]3C[C@@]3(Cl)C(=O)N(CBr)C(=O)[C@@]23Cl)c(O)c1. The van der Waals surface area contributed by atoms with Crippen molar-refractivity contribution in [2.24, 2.45) is 23.5 Å². The van der Waals surface area contributed by atoms with Crippen LogP contribution in [0.3, 0.4) is 0 Å². The quantitative estimate of drug-likeness (QED) is 0.234. The number of likely N-dealkylation sites (tertiary alicyclic amines) is 2. The average molecular weight is 601 g/mol. The van der Waals surface area contributed by atoms with E-state index >= 15 is 0 Å². The number of carbonyl (C=O) groups is 5. The third kappa shape index (κ3) is 2.93. The van der Waals surface area contributed by atoms with Gasteiger partial charge in [0.1, 0.15) is 11.5 Å². The lowest BCUT2D eigenvalue weighted by Gasteiger charge is -2.50. The minimum atomic E-state index is -2.05. The minimum absolute atomic E-state index is 0.0742. The van der Waals surface area contributed by atoms with E-state index in [1.54, 1.807) is 12.1 Å². The van der Waals surface area contributed by atoms with Crippen LogP contribution >= 0.6 is 39.1 Å². The number of rotatable bonds is 3. The number of phenolic OH excluding ortho intramolecular Hbond substituents is 1. The molecule has 1 aromatic carbocycles. The fourth-order valence-electron chi connectivity index (χ4n) is 6.21. The van der Waals surface area contributed by atoms with E-state index in [9.17, 15) is 29.1 Å². The topological polar surface area (TPSA) is 147 Å². The molecule has 1 saturated carbocycles. The van der Waals surface area contributed by atoms with E-state index in [-0.39, 0.29) is 29.6 Å². The number of phenols is 1. The van der Waals surface area contributed by atoms with Crippen molar-refractivity contribution in [1.29, 1.82) is 0 Å². The molecule has 3 fully saturated rings. The van der Waals surface area contributed by atoms with Gasteiger partial charge in [-0.05, 0) is 24.8 Å². The Labute approximate surface area is 223 Å². The highest BCUT2D eigenvalue weighted by atomic mass is 79.9. The average Bonchev–Trinajstić information content (AvgIpc) is 3.17. The predicted molar refractivity (Wildman–Crippen MR) is 129 cm³/mol. The van der Waals surface area contributed by atoms with Gasteiger partial charge in [0, 0.05) is 17.5 Å². The zero-order valence-corrected chi connectivity index (χ0v) is 21.8. The lowest BCUT2D eigenvalue weighted by Crippen LogP contribution is -2.60. The lowest BCUT2D eigenvalue weighted by atomic mass is 9.56. The first-order chi connectivity index (χ1) is 16.9. The molecule has 0 unspecified atom stereocenters. The second-order valence-corrected chi connectivity index (χ2v) is 11.0. The maximum Gasteiger partial charge on any atom is 0.328 e. The van der Waals surface area contributed by atoms with Crippen LogP contribution in [0.5, 0.6) is 11.5 Å². The molecule has 190 valence electrons. The Morgan fingerprint density at radius 3 is 2.47 bits per heavy atom. The van der Waals surface area contributed by atoms with Gasteiger partial charge in [0.15, 0.2) is 9.75 Å². The van der Waals surface area contributed by atoms with Crippen LogP contribution in [0.1, 0.15) is 24.3 Å². The first kappa shape index (κ1) is 25.0. The van der Waals surface area contributed by atoms with Gasteiger partial charge < -0.3 is 15.6 Å². The molecule has 0 radical (unpaired) electrons. The number of methoxy groups -OCH3 is 1. The Hall–Kier alpha value is -2.63. The van der Waals surface area contributed by atoms with Crippen molar-refractivity contribution in [3.8, 4) is 11.5 Å². The van der Waals surface area contributed by atoms with Crippen LogP contribution in [-0.2, 0) is 19.2 Å². The molecule has 1 aromatic rings. The molecule has 2 aliphatic carbocycles. The summed E-state index contributed by atoms with van der Waals surface area (Å²) in [7, 11) is 1.42. The Balaban J connectivity index is 1.74. The molecular weight excluding hydrogens is 581 g/mol. The molecule has 2 aliphatic heterocycles. The molecule has 5 rings (SSSR count). The van der Waals surface area contributed by atoms with E-state index in [2.05, 4.69) is 15.9 Å². The van der Waals surface area contributed by atoms with Crippen LogP contribution in [0.2, 0.25) is 0 Å². The van der Waals surface area contributed by atoms with Gasteiger partial charge in [0.05, 0.1) is 24.4 Å². The van der Waals surface area contributed by atoms with Crippen molar-refractivity contribution in [1.82, 2.24) is 9.80 Å². The summed E-state index contributed by atoms with van der Waals surface area (Å²) >= 11 is 17.2. The van der Waals surface area contributed by atoms with Crippen molar-refractivity contribution >= 4 is 68.8 Å². The monoisotopic (exact) mass is 599 g/mol. The number of aromatic hydroxyl groups is 1. The fraction of sp³-hybridized carbons (Fsp3) is 0.435. The molecule has 0 spiro atoms. The van der Waals surface area contributed by atoms with Gasteiger partial charge in [-0.3, -0.25) is 24.1 Å². The smallest absolute Gasteiger partial charge is 0.328 e. The van der Waals surface area contributed by atoms with Gasteiger partial charge in [-0.15, -0.1) is 23.2 Å². The number of benzene rings is 1. The number of amides is 6. The summed E-state index contributed by atoms with van der Waals surface area (Å²) in [6.07, 6.45) is 1.52. The second kappa shape index (κ2) is 8.19. The normalized spacial score (nSPS) is 35.4. The third-order valence-electron chi connectivity index (χ3n) is 7.78. The number of primary amides is 1. The van der Waals surface area contributed by atoms with Crippen LogP contribution in [-0.4, -0.2) is 66.9 Å². The number of carbonyl (C=O) groups excluding carboxylic acids is 5. The Morgan fingerprint density at radius 1 is 1.19 bits per heavy atom. The summed E-state index contributed by atoms with van der Waals surface area (Å²) in [5, 5.41) is 10.9. The summed E-state index contributed by atoms with van der Waals surface area (Å²) in [4.78, 5) is 62.3. The molecule has 2 saturated heterocycles. The van der Waals surface area contributed by atoms with Crippen molar-refractivity contribution < 1.29 is 33.8 Å². The molecule has 0 aromatic heterocycles. The van der Waals surface area contributed by atoms with E-state index in [0.29, 0.717) is 16.2 Å². The maximum atomic E-state index is 13.6. The highest BCUT2D eigenvalue weighted by Gasteiger charge is 2.76.